The normalized spacial score (nSPS) is 28.6. The Bertz CT molecular complexity index is 756. The van der Waals surface area contributed by atoms with Crippen molar-refractivity contribution in [2.45, 2.75) is 103 Å². The molecule has 190 valence electrons. The summed E-state index contributed by atoms with van der Waals surface area (Å²) in [4.78, 5) is 0. The standard InChI is InChI=1S/C30H43F3O/c1-3-5-6-7-9-27-22-28(26-18-20-29(21-19-26)34-30(31,32)33)17-16-25(27)15-14-24-12-10-23(8-4-2)11-13-24/h4,8,14-15,18-21,23-25,27-28H,3,5-7,9-13,16-17,22H2,1-2H3/b8-4+,15-14+. The second-order valence-corrected chi connectivity index (χ2v) is 10.5. The van der Waals surface area contributed by atoms with E-state index in [9.17, 15) is 13.2 Å². The van der Waals surface area contributed by atoms with Crippen molar-refractivity contribution in [3.05, 3.63) is 54.1 Å². The SMILES string of the molecule is C/C=C/C1CCC(/C=C/C2CCC(c3ccc(OC(F)(F)F)cc3)CC2CCCCCC)CC1. The molecule has 0 amide bonds. The monoisotopic (exact) mass is 476 g/mol. The van der Waals surface area contributed by atoms with Gasteiger partial charge in [0.25, 0.3) is 0 Å². The highest BCUT2D eigenvalue weighted by Gasteiger charge is 2.32. The lowest BCUT2D eigenvalue weighted by atomic mass is 9.69. The highest BCUT2D eigenvalue weighted by atomic mass is 19.4. The summed E-state index contributed by atoms with van der Waals surface area (Å²) in [5.74, 6) is 3.09. The van der Waals surface area contributed by atoms with Crippen LogP contribution in [0, 0.1) is 23.7 Å². The van der Waals surface area contributed by atoms with Gasteiger partial charge >= 0.3 is 6.36 Å². The number of alkyl halides is 3. The predicted molar refractivity (Wildman–Crippen MR) is 135 cm³/mol. The summed E-state index contributed by atoms with van der Waals surface area (Å²) in [5, 5.41) is 0. The zero-order valence-corrected chi connectivity index (χ0v) is 21.0. The fraction of sp³-hybridized carbons (Fsp3) is 0.667. The van der Waals surface area contributed by atoms with Crippen LogP contribution in [0.4, 0.5) is 13.2 Å². The largest absolute Gasteiger partial charge is 0.573 e. The van der Waals surface area contributed by atoms with Crippen LogP contribution in [-0.2, 0) is 0 Å². The van der Waals surface area contributed by atoms with E-state index in [1.54, 1.807) is 0 Å². The molecule has 2 fully saturated rings. The Labute approximate surface area is 204 Å². The minimum absolute atomic E-state index is 0.131. The average molecular weight is 477 g/mol. The molecular weight excluding hydrogens is 433 g/mol. The van der Waals surface area contributed by atoms with E-state index in [-0.39, 0.29) is 5.75 Å². The third kappa shape index (κ3) is 8.82. The van der Waals surface area contributed by atoms with E-state index in [0.29, 0.717) is 17.8 Å². The average Bonchev–Trinajstić information content (AvgIpc) is 2.81. The Morgan fingerprint density at radius 3 is 2.15 bits per heavy atom. The number of hydrogen-bond acceptors (Lipinski definition) is 1. The van der Waals surface area contributed by atoms with Gasteiger partial charge in [0.1, 0.15) is 5.75 Å². The van der Waals surface area contributed by atoms with Gasteiger partial charge in [-0.15, -0.1) is 13.2 Å². The summed E-state index contributed by atoms with van der Waals surface area (Å²) in [6.45, 7) is 4.37. The van der Waals surface area contributed by atoms with Crippen molar-refractivity contribution in [1.29, 1.82) is 0 Å². The molecular formula is C30H43F3O. The molecule has 3 unspecified atom stereocenters. The Balaban J connectivity index is 1.59. The van der Waals surface area contributed by atoms with Crippen LogP contribution >= 0.6 is 0 Å². The quantitative estimate of drug-likeness (QED) is 0.241. The Hall–Kier alpha value is -1.71. The second-order valence-electron chi connectivity index (χ2n) is 10.5. The van der Waals surface area contributed by atoms with E-state index in [1.807, 2.05) is 12.1 Å². The van der Waals surface area contributed by atoms with Crippen molar-refractivity contribution >= 4 is 0 Å². The van der Waals surface area contributed by atoms with Gasteiger partial charge in [0, 0.05) is 0 Å². The molecule has 0 spiro atoms. The molecule has 0 bridgehead atoms. The Morgan fingerprint density at radius 1 is 0.853 bits per heavy atom. The molecule has 1 aromatic carbocycles. The maximum absolute atomic E-state index is 12.5. The van der Waals surface area contributed by atoms with Crippen LogP contribution in [-0.4, -0.2) is 6.36 Å². The molecule has 0 N–H and O–H groups in total. The molecule has 4 heteroatoms. The van der Waals surface area contributed by atoms with E-state index in [1.165, 1.54) is 76.3 Å². The first-order valence-corrected chi connectivity index (χ1v) is 13.5. The van der Waals surface area contributed by atoms with Crippen molar-refractivity contribution in [3.8, 4) is 5.75 Å². The zero-order chi connectivity index (χ0) is 24.4. The molecule has 0 heterocycles. The summed E-state index contributed by atoms with van der Waals surface area (Å²) >= 11 is 0. The lowest BCUT2D eigenvalue weighted by Crippen LogP contribution is -2.23. The summed E-state index contributed by atoms with van der Waals surface area (Å²) in [6.07, 6.45) is 20.0. The van der Waals surface area contributed by atoms with Gasteiger partial charge in [-0.25, -0.2) is 0 Å². The highest BCUT2D eigenvalue weighted by Crippen LogP contribution is 2.43. The molecule has 0 radical (unpaired) electrons. The first-order chi connectivity index (χ1) is 16.4. The van der Waals surface area contributed by atoms with Gasteiger partial charge in [0.05, 0.1) is 0 Å². The Kier molecular flexibility index (Phi) is 10.6. The van der Waals surface area contributed by atoms with E-state index < -0.39 is 6.36 Å². The molecule has 2 aliphatic carbocycles. The van der Waals surface area contributed by atoms with E-state index >= 15 is 0 Å². The van der Waals surface area contributed by atoms with Crippen LogP contribution in [0.5, 0.6) is 5.75 Å². The third-order valence-electron chi connectivity index (χ3n) is 7.97. The van der Waals surface area contributed by atoms with Crippen molar-refractivity contribution in [3.63, 3.8) is 0 Å². The lowest BCUT2D eigenvalue weighted by Gasteiger charge is -2.36. The van der Waals surface area contributed by atoms with E-state index in [4.69, 9.17) is 0 Å². The minimum Gasteiger partial charge on any atom is -0.406 e. The van der Waals surface area contributed by atoms with Crippen molar-refractivity contribution in [2.24, 2.45) is 23.7 Å². The van der Waals surface area contributed by atoms with Crippen LogP contribution in [0.15, 0.2) is 48.6 Å². The van der Waals surface area contributed by atoms with Gasteiger partial charge in [-0.2, -0.15) is 0 Å². The number of allylic oxidation sites excluding steroid dienone is 4. The molecule has 0 aromatic heterocycles. The molecule has 1 aromatic rings. The molecule has 3 rings (SSSR count). The highest BCUT2D eigenvalue weighted by molar-refractivity contribution is 5.30. The lowest BCUT2D eigenvalue weighted by molar-refractivity contribution is -0.274. The summed E-state index contributed by atoms with van der Waals surface area (Å²) in [7, 11) is 0. The zero-order valence-electron chi connectivity index (χ0n) is 21.0. The number of ether oxygens (including phenoxy) is 1. The third-order valence-corrected chi connectivity index (χ3v) is 7.97. The first kappa shape index (κ1) is 26.9. The number of hydrogen-bond donors (Lipinski definition) is 0. The summed E-state index contributed by atoms with van der Waals surface area (Å²) in [6, 6.07) is 6.60. The van der Waals surface area contributed by atoms with Crippen LogP contribution in [0.25, 0.3) is 0 Å². The molecule has 1 nitrogen and oxygen atoms in total. The van der Waals surface area contributed by atoms with Gasteiger partial charge in [-0.3, -0.25) is 0 Å². The molecule has 3 atom stereocenters. The fourth-order valence-electron chi connectivity index (χ4n) is 6.05. The van der Waals surface area contributed by atoms with Gasteiger partial charge in [0.2, 0.25) is 0 Å². The van der Waals surface area contributed by atoms with Gasteiger partial charge in [0.15, 0.2) is 0 Å². The predicted octanol–water partition coefficient (Wildman–Crippen LogP) is 9.99. The van der Waals surface area contributed by atoms with Crippen molar-refractivity contribution in [1.82, 2.24) is 0 Å². The Morgan fingerprint density at radius 2 is 1.53 bits per heavy atom. The molecule has 0 saturated heterocycles. The maximum atomic E-state index is 12.5. The van der Waals surface area contributed by atoms with Crippen LogP contribution in [0.1, 0.15) is 102 Å². The molecule has 2 aliphatic rings. The molecule has 2 saturated carbocycles. The number of halogens is 3. The van der Waals surface area contributed by atoms with Gasteiger partial charge in [-0.05, 0) is 106 Å². The van der Waals surface area contributed by atoms with Gasteiger partial charge in [-0.1, -0.05) is 69.0 Å². The molecule has 34 heavy (non-hydrogen) atoms. The maximum Gasteiger partial charge on any atom is 0.573 e. The van der Waals surface area contributed by atoms with E-state index in [0.717, 1.165) is 30.2 Å². The van der Waals surface area contributed by atoms with E-state index in [2.05, 4.69) is 42.9 Å². The summed E-state index contributed by atoms with van der Waals surface area (Å²) < 4.78 is 41.5. The first-order valence-electron chi connectivity index (χ1n) is 13.5. The van der Waals surface area contributed by atoms with Gasteiger partial charge < -0.3 is 4.74 Å². The number of unbranched alkanes of at least 4 members (excludes halogenated alkanes) is 3. The minimum atomic E-state index is -4.64. The molecule has 0 aliphatic heterocycles. The van der Waals surface area contributed by atoms with Crippen molar-refractivity contribution < 1.29 is 17.9 Å². The van der Waals surface area contributed by atoms with Crippen LogP contribution in [0.3, 0.4) is 0 Å². The fourth-order valence-corrected chi connectivity index (χ4v) is 6.05. The summed E-state index contributed by atoms with van der Waals surface area (Å²) in [5.41, 5.74) is 1.15. The van der Waals surface area contributed by atoms with Crippen LogP contribution in [0.2, 0.25) is 0 Å². The number of rotatable bonds is 10. The smallest absolute Gasteiger partial charge is 0.406 e. The van der Waals surface area contributed by atoms with Crippen molar-refractivity contribution in [2.75, 3.05) is 0 Å². The topological polar surface area (TPSA) is 9.23 Å². The second kappa shape index (κ2) is 13.4. The number of benzene rings is 1. The van der Waals surface area contributed by atoms with Crippen LogP contribution < -0.4 is 4.74 Å².